The Labute approximate surface area is 154 Å². The summed E-state index contributed by atoms with van der Waals surface area (Å²) >= 11 is 6.23. The van der Waals surface area contributed by atoms with Crippen molar-refractivity contribution < 1.29 is 9.59 Å². The highest BCUT2D eigenvalue weighted by Crippen LogP contribution is 2.28. The topological polar surface area (TPSA) is 58.2 Å². The van der Waals surface area contributed by atoms with E-state index in [9.17, 15) is 9.59 Å². The number of amides is 2. The molecule has 2 N–H and O–H groups in total. The van der Waals surface area contributed by atoms with Gasteiger partial charge in [0.2, 0.25) is 5.91 Å². The molecule has 0 aliphatic heterocycles. The predicted octanol–water partition coefficient (Wildman–Crippen LogP) is 4.92. The lowest BCUT2D eigenvalue weighted by molar-refractivity contribution is -0.120. The molecule has 2 amide bonds. The first-order valence-electron chi connectivity index (χ1n) is 9.55. The number of rotatable bonds is 4. The first-order valence-corrected chi connectivity index (χ1v) is 9.92. The van der Waals surface area contributed by atoms with Crippen LogP contribution in [-0.2, 0) is 4.79 Å². The van der Waals surface area contributed by atoms with Gasteiger partial charge in [-0.2, -0.15) is 0 Å². The zero-order valence-corrected chi connectivity index (χ0v) is 15.4. The average Bonchev–Trinajstić information content (AvgIpc) is 2.65. The first kappa shape index (κ1) is 18.2. The number of carbonyl (C=O) groups is 2. The Morgan fingerprint density at radius 2 is 1.56 bits per heavy atom. The molecule has 0 spiro atoms. The van der Waals surface area contributed by atoms with Crippen LogP contribution in [0.3, 0.4) is 0 Å². The van der Waals surface area contributed by atoms with Crippen LogP contribution in [0.5, 0.6) is 0 Å². The second-order valence-electron chi connectivity index (χ2n) is 7.33. The third-order valence-electron chi connectivity index (χ3n) is 5.40. The first-order chi connectivity index (χ1) is 12.1. The maximum Gasteiger partial charge on any atom is 0.251 e. The van der Waals surface area contributed by atoms with Crippen molar-refractivity contribution in [3.63, 3.8) is 0 Å². The summed E-state index contributed by atoms with van der Waals surface area (Å²) in [5, 5.41) is 6.50. The van der Waals surface area contributed by atoms with Gasteiger partial charge in [-0.05, 0) is 43.9 Å². The predicted molar refractivity (Wildman–Crippen MR) is 101 cm³/mol. The number of nitrogens with one attached hydrogen (secondary N) is 2. The maximum atomic E-state index is 12.5. The molecule has 3 rings (SSSR count). The van der Waals surface area contributed by atoms with Crippen molar-refractivity contribution in [3.8, 4) is 0 Å². The Bertz CT molecular complexity index is 620. The summed E-state index contributed by atoms with van der Waals surface area (Å²) in [5.74, 6) is -0.00675. The fourth-order valence-electron chi connectivity index (χ4n) is 3.88. The van der Waals surface area contributed by atoms with E-state index in [2.05, 4.69) is 10.6 Å². The summed E-state index contributed by atoms with van der Waals surface area (Å²) in [7, 11) is 0. The van der Waals surface area contributed by atoms with Gasteiger partial charge in [-0.1, -0.05) is 50.1 Å². The van der Waals surface area contributed by atoms with Crippen LogP contribution >= 0.6 is 11.6 Å². The zero-order valence-electron chi connectivity index (χ0n) is 14.7. The molecule has 25 heavy (non-hydrogen) atoms. The van der Waals surface area contributed by atoms with Crippen molar-refractivity contribution in [2.45, 2.75) is 70.3 Å². The van der Waals surface area contributed by atoms with E-state index in [0.717, 1.165) is 38.5 Å². The molecule has 2 aliphatic rings. The molecule has 0 atom stereocenters. The highest BCUT2D eigenvalue weighted by molar-refractivity contribution is 6.33. The normalized spacial score (nSPS) is 19.4. The smallest absolute Gasteiger partial charge is 0.251 e. The third kappa shape index (κ3) is 4.97. The molecule has 0 heterocycles. The zero-order chi connectivity index (χ0) is 17.6. The number of anilines is 1. The van der Waals surface area contributed by atoms with E-state index in [1.54, 1.807) is 18.2 Å². The van der Waals surface area contributed by atoms with Crippen LogP contribution in [0.2, 0.25) is 5.02 Å². The lowest BCUT2D eigenvalue weighted by Gasteiger charge is -2.23. The van der Waals surface area contributed by atoms with Crippen molar-refractivity contribution in [1.29, 1.82) is 0 Å². The second-order valence-corrected chi connectivity index (χ2v) is 7.73. The van der Waals surface area contributed by atoms with Gasteiger partial charge in [0.05, 0.1) is 10.7 Å². The Balaban J connectivity index is 1.64. The molecule has 2 saturated carbocycles. The fourth-order valence-corrected chi connectivity index (χ4v) is 4.04. The van der Waals surface area contributed by atoms with Crippen LogP contribution in [0, 0.1) is 5.92 Å². The minimum Gasteiger partial charge on any atom is -0.349 e. The van der Waals surface area contributed by atoms with Crippen LogP contribution in [0.1, 0.15) is 74.6 Å². The van der Waals surface area contributed by atoms with Crippen LogP contribution in [0.15, 0.2) is 18.2 Å². The summed E-state index contributed by atoms with van der Waals surface area (Å²) in [6.07, 6.45) is 11.0. The van der Waals surface area contributed by atoms with Gasteiger partial charge in [-0.3, -0.25) is 9.59 Å². The molecule has 2 aliphatic carbocycles. The van der Waals surface area contributed by atoms with Gasteiger partial charge in [0.15, 0.2) is 0 Å². The quantitative estimate of drug-likeness (QED) is 0.798. The van der Waals surface area contributed by atoms with Gasteiger partial charge >= 0.3 is 0 Å². The van der Waals surface area contributed by atoms with Crippen LogP contribution in [0.4, 0.5) is 5.69 Å². The summed E-state index contributed by atoms with van der Waals surface area (Å²) in [6, 6.07) is 5.36. The van der Waals surface area contributed by atoms with Crippen LogP contribution < -0.4 is 10.6 Å². The van der Waals surface area contributed by atoms with E-state index in [-0.39, 0.29) is 23.8 Å². The van der Waals surface area contributed by atoms with E-state index in [1.165, 1.54) is 25.7 Å². The van der Waals surface area contributed by atoms with E-state index < -0.39 is 0 Å². The summed E-state index contributed by atoms with van der Waals surface area (Å²) < 4.78 is 0. The Morgan fingerprint density at radius 1 is 0.920 bits per heavy atom. The van der Waals surface area contributed by atoms with Gasteiger partial charge in [0, 0.05) is 17.5 Å². The molecule has 0 radical (unpaired) electrons. The lowest BCUT2D eigenvalue weighted by atomic mass is 9.88. The molecule has 0 bridgehead atoms. The van der Waals surface area contributed by atoms with Crippen LogP contribution in [0.25, 0.3) is 0 Å². The van der Waals surface area contributed by atoms with E-state index in [0.29, 0.717) is 16.3 Å². The standard InChI is InChI=1S/C20H27ClN2O2/c21-17-12-11-15(20(25)22-16-9-5-2-6-10-16)13-18(17)23-19(24)14-7-3-1-4-8-14/h11-14,16H,1-10H2,(H,22,25)(H,23,24). The molecule has 2 fully saturated rings. The highest BCUT2D eigenvalue weighted by Gasteiger charge is 2.22. The molecule has 4 nitrogen and oxygen atoms in total. The Kier molecular flexibility index (Phi) is 6.35. The largest absolute Gasteiger partial charge is 0.349 e. The molecule has 1 aromatic carbocycles. The molecular formula is C20H27ClN2O2. The van der Waals surface area contributed by atoms with Gasteiger partial charge < -0.3 is 10.6 Å². The fraction of sp³-hybridized carbons (Fsp3) is 0.600. The molecule has 0 aromatic heterocycles. The minimum absolute atomic E-state index is 0.0199. The van der Waals surface area contributed by atoms with Gasteiger partial charge in [-0.25, -0.2) is 0 Å². The van der Waals surface area contributed by atoms with Crippen molar-refractivity contribution in [1.82, 2.24) is 5.32 Å². The number of halogens is 1. The number of hydrogen-bond donors (Lipinski definition) is 2. The third-order valence-corrected chi connectivity index (χ3v) is 5.73. The van der Waals surface area contributed by atoms with Gasteiger partial charge in [0.1, 0.15) is 0 Å². The SMILES string of the molecule is O=C(NC1CCCCC1)c1ccc(Cl)c(NC(=O)C2CCCCC2)c1. The molecule has 5 heteroatoms. The molecule has 1 aromatic rings. The summed E-state index contributed by atoms with van der Waals surface area (Å²) in [6.45, 7) is 0. The molecule has 136 valence electrons. The van der Waals surface area contributed by atoms with Crippen molar-refractivity contribution >= 4 is 29.1 Å². The summed E-state index contributed by atoms with van der Waals surface area (Å²) in [4.78, 5) is 24.9. The van der Waals surface area contributed by atoms with E-state index in [1.807, 2.05) is 0 Å². The lowest BCUT2D eigenvalue weighted by Crippen LogP contribution is -2.36. The van der Waals surface area contributed by atoms with Crippen molar-refractivity contribution in [2.24, 2.45) is 5.92 Å². The van der Waals surface area contributed by atoms with Crippen LogP contribution in [-0.4, -0.2) is 17.9 Å². The van der Waals surface area contributed by atoms with Gasteiger partial charge in [0.25, 0.3) is 5.91 Å². The molecular weight excluding hydrogens is 336 g/mol. The van der Waals surface area contributed by atoms with E-state index >= 15 is 0 Å². The number of carbonyl (C=O) groups excluding carboxylic acids is 2. The molecule has 0 saturated heterocycles. The number of hydrogen-bond acceptors (Lipinski definition) is 2. The molecule has 0 unspecified atom stereocenters. The van der Waals surface area contributed by atoms with Crippen molar-refractivity contribution in [2.75, 3.05) is 5.32 Å². The highest BCUT2D eigenvalue weighted by atomic mass is 35.5. The average molecular weight is 363 g/mol. The van der Waals surface area contributed by atoms with Gasteiger partial charge in [-0.15, -0.1) is 0 Å². The minimum atomic E-state index is -0.0864. The number of benzene rings is 1. The Morgan fingerprint density at radius 3 is 2.24 bits per heavy atom. The summed E-state index contributed by atoms with van der Waals surface area (Å²) in [5.41, 5.74) is 1.09. The second kappa shape index (κ2) is 8.70. The van der Waals surface area contributed by atoms with E-state index in [4.69, 9.17) is 11.6 Å². The Hall–Kier alpha value is -1.55. The monoisotopic (exact) mass is 362 g/mol. The van der Waals surface area contributed by atoms with Crippen molar-refractivity contribution in [3.05, 3.63) is 28.8 Å². The maximum absolute atomic E-state index is 12.5.